The van der Waals surface area contributed by atoms with E-state index in [0.29, 0.717) is 18.2 Å². The first kappa shape index (κ1) is 13.3. The van der Waals surface area contributed by atoms with Crippen molar-refractivity contribution in [3.63, 3.8) is 0 Å². The van der Waals surface area contributed by atoms with Gasteiger partial charge in [0.2, 0.25) is 0 Å². The van der Waals surface area contributed by atoms with Crippen molar-refractivity contribution in [3.8, 4) is 0 Å². The molecule has 0 atom stereocenters. The quantitative estimate of drug-likeness (QED) is 0.667. The third-order valence-corrected chi connectivity index (χ3v) is 4.11. The molecule has 98 valence electrons. The first-order chi connectivity index (χ1) is 8.83. The van der Waals surface area contributed by atoms with Crippen molar-refractivity contribution < 1.29 is 4.39 Å². The fourth-order valence-corrected chi connectivity index (χ4v) is 2.99. The van der Waals surface area contributed by atoms with E-state index >= 15 is 0 Å². The zero-order valence-electron chi connectivity index (χ0n) is 11.2. The van der Waals surface area contributed by atoms with Crippen LogP contribution in [0.4, 0.5) is 4.39 Å². The molecular weight excluding hydrogens is 223 g/mol. The van der Waals surface area contributed by atoms with Gasteiger partial charge in [-0.3, -0.25) is 0 Å². The molecule has 1 saturated carbocycles. The Morgan fingerprint density at radius 3 is 2.33 bits per heavy atom. The normalized spacial score (nSPS) is 24.6. The summed E-state index contributed by atoms with van der Waals surface area (Å²) in [5.41, 5.74) is 2.91. The summed E-state index contributed by atoms with van der Waals surface area (Å²) in [6.07, 6.45) is 9.47. The number of benzene rings is 1. The molecule has 0 radical (unpaired) electrons. The van der Waals surface area contributed by atoms with E-state index in [9.17, 15) is 4.39 Å². The van der Waals surface area contributed by atoms with Gasteiger partial charge in [-0.2, -0.15) is 0 Å². The van der Waals surface area contributed by atoms with Gasteiger partial charge in [0.15, 0.2) is 0 Å². The van der Waals surface area contributed by atoms with Crippen molar-refractivity contribution >= 4 is 0 Å². The molecule has 0 spiro atoms. The van der Waals surface area contributed by atoms with E-state index in [1.807, 2.05) is 0 Å². The predicted molar refractivity (Wildman–Crippen MR) is 75.4 cm³/mol. The first-order valence-corrected chi connectivity index (χ1v) is 7.19. The van der Waals surface area contributed by atoms with Crippen LogP contribution in [0.3, 0.4) is 0 Å². The molecule has 0 saturated heterocycles. The topological polar surface area (TPSA) is 0 Å². The van der Waals surface area contributed by atoms with Crippen LogP contribution in [0.15, 0.2) is 36.7 Å². The molecule has 1 aliphatic carbocycles. The minimum absolute atomic E-state index is 0.464. The molecule has 0 heterocycles. The van der Waals surface area contributed by atoms with E-state index in [0.717, 1.165) is 12.8 Å². The van der Waals surface area contributed by atoms with Gasteiger partial charge in [0, 0.05) is 0 Å². The van der Waals surface area contributed by atoms with Crippen molar-refractivity contribution in [3.05, 3.63) is 47.8 Å². The summed E-state index contributed by atoms with van der Waals surface area (Å²) < 4.78 is 12.1. The van der Waals surface area contributed by atoms with Crippen molar-refractivity contribution in [2.45, 2.75) is 51.4 Å². The molecule has 1 fully saturated rings. The number of hydrogen-bond donors (Lipinski definition) is 0. The molecule has 18 heavy (non-hydrogen) atoms. The standard InChI is InChI=1S/C17H23F/c1-2-3-14-4-8-16(9-5-14)17-10-6-15(7-11-17)12-13-18/h4-5,8-9,12-13,15,17H,2-3,6-7,10-11H2,1H3. The summed E-state index contributed by atoms with van der Waals surface area (Å²) in [4.78, 5) is 0. The molecule has 2 rings (SSSR count). The zero-order valence-corrected chi connectivity index (χ0v) is 11.2. The molecule has 1 heteroatoms. The van der Waals surface area contributed by atoms with Crippen LogP contribution in [0, 0.1) is 5.92 Å². The number of halogens is 1. The van der Waals surface area contributed by atoms with Crippen LogP contribution in [0.25, 0.3) is 0 Å². The molecule has 1 aromatic rings. The van der Waals surface area contributed by atoms with Crippen LogP contribution in [0.1, 0.15) is 56.1 Å². The van der Waals surface area contributed by atoms with Gasteiger partial charge in [0.25, 0.3) is 0 Å². The Morgan fingerprint density at radius 1 is 1.11 bits per heavy atom. The second-order valence-electron chi connectivity index (χ2n) is 5.42. The van der Waals surface area contributed by atoms with E-state index in [1.54, 1.807) is 6.08 Å². The Hall–Kier alpha value is -1.11. The van der Waals surface area contributed by atoms with Gasteiger partial charge in [0.1, 0.15) is 0 Å². The number of rotatable bonds is 4. The Labute approximate surface area is 110 Å². The minimum atomic E-state index is 0.464. The van der Waals surface area contributed by atoms with E-state index in [-0.39, 0.29) is 0 Å². The summed E-state index contributed by atoms with van der Waals surface area (Å²) in [5.74, 6) is 1.15. The number of allylic oxidation sites excluding steroid dienone is 1. The third kappa shape index (κ3) is 3.44. The van der Waals surface area contributed by atoms with Crippen molar-refractivity contribution in [2.75, 3.05) is 0 Å². The first-order valence-electron chi connectivity index (χ1n) is 7.19. The lowest BCUT2D eigenvalue weighted by Crippen LogP contribution is -2.11. The van der Waals surface area contributed by atoms with Gasteiger partial charge in [-0.25, -0.2) is 4.39 Å². The Kier molecular flexibility index (Phi) is 4.98. The predicted octanol–water partition coefficient (Wildman–Crippen LogP) is 5.40. The van der Waals surface area contributed by atoms with E-state index in [4.69, 9.17) is 0 Å². The van der Waals surface area contributed by atoms with Gasteiger partial charge < -0.3 is 0 Å². The maximum absolute atomic E-state index is 12.1. The lowest BCUT2D eigenvalue weighted by Gasteiger charge is -2.27. The van der Waals surface area contributed by atoms with Crippen LogP contribution in [0.5, 0.6) is 0 Å². The van der Waals surface area contributed by atoms with Crippen LogP contribution in [-0.2, 0) is 6.42 Å². The fraction of sp³-hybridized carbons (Fsp3) is 0.529. The van der Waals surface area contributed by atoms with Crippen molar-refractivity contribution in [1.82, 2.24) is 0 Å². The molecule has 0 N–H and O–H groups in total. The van der Waals surface area contributed by atoms with Gasteiger partial charge in [-0.05, 0) is 55.1 Å². The van der Waals surface area contributed by atoms with Crippen LogP contribution >= 0.6 is 0 Å². The molecule has 0 unspecified atom stereocenters. The maximum atomic E-state index is 12.1. The second kappa shape index (κ2) is 6.72. The summed E-state index contributed by atoms with van der Waals surface area (Å²) in [6.45, 7) is 2.22. The summed E-state index contributed by atoms with van der Waals surface area (Å²) in [7, 11) is 0. The lowest BCUT2D eigenvalue weighted by atomic mass is 9.78. The molecular formula is C17H23F. The molecule has 0 aromatic heterocycles. The molecule has 0 amide bonds. The minimum Gasteiger partial charge on any atom is -0.216 e. The Balaban J connectivity index is 1.92. The van der Waals surface area contributed by atoms with Crippen LogP contribution < -0.4 is 0 Å². The zero-order chi connectivity index (χ0) is 12.8. The highest BCUT2D eigenvalue weighted by atomic mass is 19.1. The molecule has 0 bridgehead atoms. The van der Waals surface area contributed by atoms with Gasteiger partial charge in [-0.15, -0.1) is 0 Å². The second-order valence-corrected chi connectivity index (χ2v) is 5.42. The summed E-state index contributed by atoms with van der Waals surface area (Å²) in [5, 5.41) is 0. The smallest absolute Gasteiger partial charge is 0.0829 e. The molecule has 0 aliphatic heterocycles. The summed E-state index contributed by atoms with van der Waals surface area (Å²) >= 11 is 0. The molecule has 1 aromatic carbocycles. The van der Waals surface area contributed by atoms with Gasteiger partial charge in [-0.1, -0.05) is 43.7 Å². The Bertz CT molecular complexity index is 369. The van der Waals surface area contributed by atoms with Crippen LogP contribution in [-0.4, -0.2) is 0 Å². The SMILES string of the molecule is CCCc1ccc(C2CCC(C=CF)CC2)cc1. The summed E-state index contributed by atoms with van der Waals surface area (Å²) in [6, 6.07) is 9.13. The monoisotopic (exact) mass is 246 g/mol. The van der Waals surface area contributed by atoms with Gasteiger partial charge in [0.05, 0.1) is 6.33 Å². The Morgan fingerprint density at radius 2 is 1.78 bits per heavy atom. The highest BCUT2D eigenvalue weighted by Gasteiger charge is 2.20. The number of hydrogen-bond acceptors (Lipinski definition) is 0. The third-order valence-electron chi connectivity index (χ3n) is 4.11. The molecule has 1 aliphatic rings. The fourth-order valence-electron chi connectivity index (χ4n) is 2.99. The number of aryl methyl sites for hydroxylation is 1. The largest absolute Gasteiger partial charge is 0.216 e. The van der Waals surface area contributed by atoms with Gasteiger partial charge >= 0.3 is 0 Å². The van der Waals surface area contributed by atoms with E-state index < -0.39 is 0 Å². The van der Waals surface area contributed by atoms with E-state index in [2.05, 4.69) is 31.2 Å². The lowest BCUT2D eigenvalue weighted by molar-refractivity contribution is 0.373. The van der Waals surface area contributed by atoms with Crippen molar-refractivity contribution in [1.29, 1.82) is 0 Å². The van der Waals surface area contributed by atoms with Crippen LogP contribution in [0.2, 0.25) is 0 Å². The van der Waals surface area contributed by atoms with E-state index in [1.165, 1.54) is 36.8 Å². The average molecular weight is 246 g/mol. The highest BCUT2D eigenvalue weighted by molar-refractivity contribution is 5.26. The van der Waals surface area contributed by atoms with Crippen molar-refractivity contribution in [2.24, 2.45) is 5.92 Å². The highest BCUT2D eigenvalue weighted by Crippen LogP contribution is 2.36. The average Bonchev–Trinajstić information content (AvgIpc) is 2.41. The maximum Gasteiger partial charge on any atom is 0.0829 e. The molecule has 0 nitrogen and oxygen atoms in total.